The van der Waals surface area contributed by atoms with Gasteiger partial charge in [-0.1, -0.05) is 54.4 Å². The molecule has 0 aromatic heterocycles. The van der Waals surface area contributed by atoms with Gasteiger partial charge in [-0.3, -0.25) is 108 Å². The maximum absolute atomic E-state index is 14.8. The van der Waals surface area contributed by atoms with Gasteiger partial charge in [0, 0.05) is 39.0 Å². The average Bonchev–Trinajstić information content (AvgIpc) is 1.30. The highest BCUT2D eigenvalue weighted by molar-refractivity contribution is 6.01. The molecule has 706 valence electrons. The predicted molar refractivity (Wildman–Crippen MR) is 454 cm³/mol. The lowest BCUT2D eigenvalue weighted by molar-refractivity contribution is -0.142. The van der Waals surface area contributed by atoms with Crippen molar-refractivity contribution in [2.45, 2.75) is 275 Å². The Morgan fingerprint density at radius 1 is 0.376 bits per heavy atom. The van der Waals surface area contributed by atoms with Gasteiger partial charge in [-0.2, -0.15) is 0 Å². The highest BCUT2D eigenvalue weighted by atomic mass is 16.4. The van der Waals surface area contributed by atoms with Gasteiger partial charge in [0.2, 0.25) is 88.6 Å². The molecule has 50 heteroatoms. The molecule has 0 aromatic carbocycles. The second kappa shape index (κ2) is 59.3. The number of carbonyl (C=O) groups is 18. The van der Waals surface area contributed by atoms with Crippen molar-refractivity contribution in [3.05, 3.63) is 0 Å². The Balaban J connectivity index is 3.73. The molecule has 38 N–H and O–H groups in total. The quantitative estimate of drug-likeness (QED) is 0.0153. The largest absolute Gasteiger partial charge is 0.481 e. The molecule has 0 spiro atoms. The summed E-state index contributed by atoms with van der Waals surface area (Å²) < 4.78 is 0. The van der Waals surface area contributed by atoms with Crippen molar-refractivity contribution in [2.24, 2.45) is 52.2 Å². The number of hydrogen-bond acceptors (Lipinski definition) is 24. The summed E-state index contributed by atoms with van der Waals surface area (Å²) in [6.45, 7) is 12.0. The Bertz CT molecular complexity index is 3680. The zero-order valence-electron chi connectivity index (χ0n) is 72.3. The first-order valence-corrected chi connectivity index (χ1v) is 41.7. The van der Waals surface area contributed by atoms with Crippen LogP contribution in [0.4, 0.5) is 0 Å². The number of carboxylic acid groups (broad SMARTS) is 3. The maximum Gasteiger partial charge on any atom is 0.325 e. The Labute approximate surface area is 724 Å². The van der Waals surface area contributed by atoms with Crippen LogP contribution in [0.5, 0.6) is 0 Å². The Morgan fingerprint density at radius 3 is 1.12 bits per heavy atom. The molecule has 0 saturated carbocycles. The lowest BCUT2D eigenvalue weighted by Gasteiger charge is -2.30. The van der Waals surface area contributed by atoms with Crippen LogP contribution in [0.1, 0.15) is 190 Å². The molecule has 1 heterocycles. The fourth-order valence-electron chi connectivity index (χ4n) is 12.4. The van der Waals surface area contributed by atoms with Gasteiger partial charge in [0.15, 0.2) is 23.8 Å². The summed E-state index contributed by atoms with van der Waals surface area (Å²) in [4.78, 5) is 245. The van der Waals surface area contributed by atoms with Crippen LogP contribution >= 0.6 is 0 Å². The molecule has 0 unspecified atom stereocenters. The summed E-state index contributed by atoms with van der Waals surface area (Å²) in [6, 6.07) is -20.7. The second-order valence-corrected chi connectivity index (χ2v) is 30.9. The third-order valence-corrected chi connectivity index (χ3v) is 19.9. The van der Waals surface area contributed by atoms with Gasteiger partial charge < -0.3 is 151 Å². The first-order chi connectivity index (χ1) is 58.7. The van der Waals surface area contributed by atoms with E-state index in [9.17, 15) is 102 Å². The summed E-state index contributed by atoms with van der Waals surface area (Å²) in [5.41, 5.74) is 33.1. The highest BCUT2D eigenvalue weighted by Crippen LogP contribution is 2.17. The van der Waals surface area contributed by atoms with Crippen LogP contribution in [-0.4, -0.2) is 276 Å². The van der Waals surface area contributed by atoms with Crippen molar-refractivity contribution < 1.29 is 102 Å². The minimum absolute atomic E-state index is 0.00499. The zero-order chi connectivity index (χ0) is 94.8. The molecule has 0 bridgehead atoms. The Kier molecular flexibility index (Phi) is 52.4. The van der Waals surface area contributed by atoms with E-state index in [0.29, 0.717) is 32.2 Å². The number of nitrogens with two attached hydrogens (primary N) is 6. The van der Waals surface area contributed by atoms with Crippen molar-refractivity contribution in [2.75, 3.05) is 45.8 Å². The second-order valence-electron chi connectivity index (χ2n) is 30.9. The summed E-state index contributed by atoms with van der Waals surface area (Å²) in [7, 11) is 0. The van der Waals surface area contributed by atoms with Crippen LogP contribution in [0.25, 0.3) is 0 Å². The number of hydrogen-bond donors (Lipinski definition) is 32. The molecule has 1 aliphatic heterocycles. The number of primary amides is 1. The van der Waals surface area contributed by atoms with Crippen molar-refractivity contribution in [3.63, 3.8) is 0 Å². The number of unbranched alkanes of at least 4 members (excludes halogenated alkanes) is 1. The maximum atomic E-state index is 14.8. The van der Waals surface area contributed by atoms with E-state index in [2.05, 4.69) is 101 Å². The normalized spacial score (nSPS) is 15.7. The van der Waals surface area contributed by atoms with E-state index in [1.807, 2.05) is 0 Å². The third kappa shape index (κ3) is 46.0. The van der Waals surface area contributed by atoms with Gasteiger partial charge in [0.25, 0.3) is 0 Å². The molecule has 1 aliphatic rings. The Morgan fingerprint density at radius 2 is 0.728 bits per heavy atom. The third-order valence-electron chi connectivity index (χ3n) is 19.9. The van der Waals surface area contributed by atoms with Gasteiger partial charge in [-0.15, -0.1) is 0 Å². The van der Waals surface area contributed by atoms with Crippen molar-refractivity contribution in [1.29, 1.82) is 21.6 Å². The number of guanidine groups is 4. The molecule has 0 aromatic rings. The molecule has 50 nitrogen and oxygen atoms in total. The Hall–Kier alpha value is -12.5. The number of aliphatic carboxylic acids is 3. The molecule has 16 atom stereocenters. The van der Waals surface area contributed by atoms with E-state index in [1.54, 1.807) is 41.5 Å². The monoisotopic (exact) mass is 1780 g/mol. The smallest absolute Gasteiger partial charge is 0.325 e. The van der Waals surface area contributed by atoms with E-state index < -0.39 is 265 Å². The van der Waals surface area contributed by atoms with Gasteiger partial charge in [0.05, 0.1) is 19.0 Å². The summed E-state index contributed by atoms with van der Waals surface area (Å²) >= 11 is 0. The molecule has 15 amide bonds. The summed E-state index contributed by atoms with van der Waals surface area (Å²) in [5.74, 6) is -22.7. The first-order valence-electron chi connectivity index (χ1n) is 41.7. The fourth-order valence-corrected chi connectivity index (χ4v) is 12.4. The van der Waals surface area contributed by atoms with Crippen molar-refractivity contribution in [1.82, 2.24) is 101 Å². The number of carbonyl (C=O) groups excluding carboxylic acids is 15. The van der Waals surface area contributed by atoms with Gasteiger partial charge in [-0.25, -0.2) is 0 Å². The fraction of sp³-hybridized carbons (Fsp3) is 0.707. The van der Waals surface area contributed by atoms with Crippen LogP contribution in [0, 0.1) is 39.4 Å². The van der Waals surface area contributed by atoms with E-state index >= 15 is 0 Å². The first kappa shape index (κ1) is 110. The van der Waals surface area contributed by atoms with Gasteiger partial charge >= 0.3 is 17.9 Å². The molecule has 0 radical (unpaired) electrons. The van der Waals surface area contributed by atoms with E-state index in [4.69, 9.17) is 56.0 Å². The van der Waals surface area contributed by atoms with Crippen LogP contribution in [0.15, 0.2) is 0 Å². The molecule has 0 aliphatic carbocycles. The van der Waals surface area contributed by atoms with E-state index in [1.165, 1.54) is 6.92 Å². The van der Waals surface area contributed by atoms with Gasteiger partial charge in [0.1, 0.15) is 78.5 Å². The molecule has 125 heavy (non-hydrogen) atoms. The molecule has 1 rings (SSSR count). The molecular formula is C75H135N29O21. The minimum atomic E-state index is -1.81. The molecular weight excluding hydrogens is 1640 g/mol. The SMILES string of the molecule is CC[C@H](C)[C@H](NC(=O)[C@H](CCCNC(=N)N)NC(=O)[C@H](CCCNC(=N)N)NC(=O)[C@H](C)NC(=O)[C@H](CC(C)C)NC(=O)[C@H](CCC(N)=O)NC(=O)[C@@H](NC(=O)[C@H](CC(=O)O)NC(=O)[C@H](CCCCN)NC(=O)[C@@H]1CCCN1)[C@@H](C)CC)C(=O)N[C@@H](CCCNC(=N)N)C(=O)NCC(=O)N[C@@H](CCC(=O)O)C(=O)N[C@@H](CCCNC(=N)N)C(=O)N[C@@H](C)C(=O)O. The number of nitrogens with one attached hydrogen (secondary N) is 23. The topological polar surface area (TPSA) is 848 Å². The number of amides is 15. The lowest BCUT2D eigenvalue weighted by atomic mass is 9.96. The van der Waals surface area contributed by atoms with Crippen LogP contribution in [0.3, 0.4) is 0 Å². The number of carboxylic acids is 3. The van der Waals surface area contributed by atoms with Crippen LogP contribution in [0.2, 0.25) is 0 Å². The van der Waals surface area contributed by atoms with Crippen LogP contribution in [-0.2, 0) is 86.3 Å². The number of rotatable bonds is 63. The minimum Gasteiger partial charge on any atom is -0.481 e. The zero-order valence-corrected chi connectivity index (χ0v) is 72.3. The van der Waals surface area contributed by atoms with Crippen molar-refractivity contribution in [3.8, 4) is 0 Å². The van der Waals surface area contributed by atoms with Crippen LogP contribution < -0.4 is 135 Å². The molecule has 1 fully saturated rings. The van der Waals surface area contributed by atoms with Gasteiger partial charge in [-0.05, 0) is 147 Å². The summed E-state index contributed by atoms with van der Waals surface area (Å²) in [5, 5.41) is 107. The summed E-state index contributed by atoms with van der Waals surface area (Å²) in [6.07, 6.45) is -1.64. The average molecular weight is 1780 g/mol. The van der Waals surface area contributed by atoms with E-state index in [-0.39, 0.29) is 116 Å². The predicted octanol–water partition coefficient (Wildman–Crippen LogP) is -8.79. The molecule has 1 saturated heterocycles. The lowest BCUT2D eigenvalue weighted by Crippen LogP contribution is -2.61. The van der Waals surface area contributed by atoms with E-state index in [0.717, 1.165) is 6.92 Å². The van der Waals surface area contributed by atoms with Crippen molar-refractivity contribution >= 4 is 130 Å². The highest BCUT2D eigenvalue weighted by Gasteiger charge is 2.40. The standard InChI is InChI=1S/C75H135N29O21/c1-9-38(5)56(69(122)99-43(20-14-30-87-72(78)79)59(112)91-36-53(106)94-48(25-27-54(107)108)64(117)97-45(21-15-31-88-73(80)81)61(114)93-41(8)71(124)125)103-66(119)47(23-17-33-90-75(84)85)98-62(115)46(22-16-32-89-74(82)83)95-58(111)40(7)92-67(120)50(34-37(3)4)101-65(118)49(24-26-52(77)105)100-70(123)57(39(6)10-2)104-68(121)51(35-55(109)110)102-63(116)44(18-11-12-28-76)96-60(113)42-19-13-29-86-42/h37-51,56-57,86H,9-36,76H2,1-8H3,(H2,77,105)(H,91,112)(H,92,120)(H,93,114)(H,94,106)(H,95,111)(H,96,113)(H,97,117)(H,98,115)(H,99,122)(H,100,123)(H,101,118)(H,102,116)(H,103,119)(H,104,121)(H,107,108)(H,109,110)(H,124,125)(H4,78,79,87)(H4,80,81,88)(H4,82,83,89)(H4,84,85,90)/t38-,39-,40-,41-,42-,43-,44-,45-,46-,47-,48-,49-,50-,51-,56-,57-/m0/s1.